The molecule has 2 aromatic rings. The third-order valence-electron chi connectivity index (χ3n) is 5.49. The average Bonchev–Trinajstić information content (AvgIpc) is 2.96. The van der Waals surface area contributed by atoms with E-state index in [1.165, 1.54) is 19.2 Å². The fourth-order valence-corrected chi connectivity index (χ4v) is 3.33. The van der Waals surface area contributed by atoms with Crippen LogP contribution in [0.5, 0.6) is 11.5 Å². The van der Waals surface area contributed by atoms with Crippen molar-refractivity contribution in [1.29, 1.82) is 0 Å². The van der Waals surface area contributed by atoms with Gasteiger partial charge in [-0.05, 0) is 49.1 Å². The number of nitrogens with one attached hydrogen (secondary N) is 1. The summed E-state index contributed by atoms with van der Waals surface area (Å²) < 4.78 is 30.8. The second-order valence-corrected chi connectivity index (χ2v) is 8.63. The lowest BCUT2D eigenvalue weighted by atomic mass is 10.1. The van der Waals surface area contributed by atoms with Gasteiger partial charge in [-0.2, -0.15) is 0 Å². The number of methoxy groups -OCH3 is 1. The van der Waals surface area contributed by atoms with Crippen LogP contribution in [0.3, 0.4) is 0 Å². The number of carbonyl (C=O) groups excluding carboxylic acids is 4. The Hall–Kier alpha value is -4.12. The van der Waals surface area contributed by atoms with Gasteiger partial charge in [-0.1, -0.05) is 51.0 Å². The number of rotatable bonds is 16. The number of esters is 2. The zero-order valence-electron chi connectivity index (χ0n) is 23.1. The van der Waals surface area contributed by atoms with Crippen LogP contribution in [0.15, 0.2) is 48.5 Å². The molecule has 1 N–H and O–H groups in total. The number of hydrogen-bond donors (Lipinski definition) is 1. The Kier molecular flexibility index (Phi) is 14.6. The van der Waals surface area contributed by atoms with Gasteiger partial charge in [0.05, 0.1) is 25.9 Å². The fourth-order valence-electron chi connectivity index (χ4n) is 3.33. The van der Waals surface area contributed by atoms with Crippen LogP contribution in [0.4, 0.5) is 9.59 Å². The van der Waals surface area contributed by atoms with Crippen molar-refractivity contribution in [3.8, 4) is 11.5 Å². The predicted molar refractivity (Wildman–Crippen MR) is 144 cm³/mol. The Balaban J connectivity index is 2.08. The highest BCUT2D eigenvalue weighted by Crippen LogP contribution is 2.30. The standard InChI is InChI=1S/C29H37NO10/c1-4-6-16-37-28(33)39-24-14-13-21(20-25(24)40-29(34)38-17-7-5-2)19-23(27(32)35-3)30-15-18-36-26(31)22-11-9-8-10-12-22/h8-14,20,23,30H,4-7,15-19H2,1-3H3/t23-/m0/s1. The highest BCUT2D eigenvalue weighted by Gasteiger charge is 2.22. The molecule has 11 heteroatoms. The molecule has 2 aromatic carbocycles. The van der Waals surface area contributed by atoms with Crippen molar-refractivity contribution in [3.63, 3.8) is 0 Å². The molecule has 0 amide bonds. The van der Waals surface area contributed by atoms with Crippen LogP contribution in [0, 0.1) is 0 Å². The Morgan fingerprint density at radius 2 is 1.40 bits per heavy atom. The van der Waals surface area contributed by atoms with Gasteiger partial charge in [0.1, 0.15) is 12.6 Å². The van der Waals surface area contributed by atoms with Crippen LogP contribution in [-0.4, -0.2) is 63.8 Å². The molecule has 0 fully saturated rings. The zero-order chi connectivity index (χ0) is 29.2. The number of unbranched alkanes of at least 4 members (excludes halogenated alkanes) is 2. The van der Waals surface area contributed by atoms with Crippen molar-refractivity contribution >= 4 is 24.2 Å². The lowest BCUT2D eigenvalue weighted by molar-refractivity contribution is -0.143. The lowest BCUT2D eigenvalue weighted by Gasteiger charge is -2.18. The van der Waals surface area contributed by atoms with Gasteiger partial charge in [-0.3, -0.25) is 4.79 Å². The van der Waals surface area contributed by atoms with Crippen molar-refractivity contribution in [3.05, 3.63) is 59.7 Å². The third-order valence-corrected chi connectivity index (χ3v) is 5.49. The first-order valence-electron chi connectivity index (χ1n) is 13.2. The molecule has 0 bridgehead atoms. The molecule has 40 heavy (non-hydrogen) atoms. The molecular weight excluding hydrogens is 522 g/mol. The van der Waals surface area contributed by atoms with Gasteiger partial charge in [0, 0.05) is 6.54 Å². The monoisotopic (exact) mass is 559 g/mol. The molecule has 2 rings (SSSR count). The molecule has 0 radical (unpaired) electrons. The maximum Gasteiger partial charge on any atom is 0.513 e. The Morgan fingerprint density at radius 3 is 2.00 bits per heavy atom. The van der Waals surface area contributed by atoms with Gasteiger partial charge in [-0.25, -0.2) is 14.4 Å². The second kappa shape index (κ2) is 18.2. The van der Waals surface area contributed by atoms with E-state index in [0.717, 1.165) is 12.8 Å². The largest absolute Gasteiger partial charge is 0.513 e. The number of ether oxygens (including phenoxy) is 6. The maximum absolute atomic E-state index is 12.4. The molecule has 218 valence electrons. The SMILES string of the molecule is CCCCOC(=O)Oc1ccc(C[C@H](NCCOC(=O)c2ccccc2)C(=O)OC)cc1OC(=O)OCCCC. The van der Waals surface area contributed by atoms with E-state index in [2.05, 4.69) is 5.32 Å². The Bertz CT molecular complexity index is 1090. The molecular formula is C29H37NO10. The Morgan fingerprint density at radius 1 is 0.775 bits per heavy atom. The number of benzene rings is 2. The minimum absolute atomic E-state index is 0.0199. The topological polar surface area (TPSA) is 136 Å². The molecule has 0 spiro atoms. The van der Waals surface area contributed by atoms with E-state index in [9.17, 15) is 19.2 Å². The number of carbonyl (C=O) groups is 4. The molecule has 0 heterocycles. The summed E-state index contributed by atoms with van der Waals surface area (Å²) in [6, 6.07) is 12.2. The first-order chi connectivity index (χ1) is 19.4. The predicted octanol–water partition coefficient (Wildman–Crippen LogP) is 4.85. The zero-order valence-corrected chi connectivity index (χ0v) is 23.1. The summed E-state index contributed by atoms with van der Waals surface area (Å²) in [5.74, 6) is -1.15. The van der Waals surface area contributed by atoms with Gasteiger partial charge in [0.2, 0.25) is 0 Å². The highest BCUT2D eigenvalue weighted by molar-refractivity contribution is 5.89. The molecule has 11 nitrogen and oxygen atoms in total. The summed E-state index contributed by atoms with van der Waals surface area (Å²) in [6.07, 6.45) is 1.23. The molecule has 1 atom stereocenters. The van der Waals surface area contributed by atoms with Gasteiger partial charge in [-0.15, -0.1) is 0 Å². The van der Waals surface area contributed by atoms with Crippen molar-refractivity contribution in [1.82, 2.24) is 5.32 Å². The first-order valence-corrected chi connectivity index (χ1v) is 13.2. The van der Waals surface area contributed by atoms with Crippen molar-refractivity contribution in [2.45, 2.75) is 52.0 Å². The molecule has 0 aliphatic carbocycles. The first kappa shape index (κ1) is 32.1. The fraction of sp³-hybridized carbons (Fsp3) is 0.448. The molecule has 0 saturated heterocycles. The minimum atomic E-state index is -0.960. The molecule has 0 aromatic heterocycles. The van der Waals surface area contributed by atoms with E-state index in [1.54, 1.807) is 36.4 Å². The van der Waals surface area contributed by atoms with E-state index in [4.69, 9.17) is 28.4 Å². The summed E-state index contributed by atoms with van der Waals surface area (Å²) in [7, 11) is 1.26. The number of hydrogen-bond acceptors (Lipinski definition) is 11. The van der Waals surface area contributed by atoms with Crippen LogP contribution in [-0.2, 0) is 30.2 Å². The van der Waals surface area contributed by atoms with Crippen LogP contribution in [0.1, 0.15) is 55.5 Å². The van der Waals surface area contributed by atoms with Crippen LogP contribution in [0.25, 0.3) is 0 Å². The van der Waals surface area contributed by atoms with E-state index >= 15 is 0 Å². The van der Waals surface area contributed by atoms with Crippen molar-refractivity contribution in [2.75, 3.05) is 33.5 Å². The van der Waals surface area contributed by atoms with Crippen LogP contribution < -0.4 is 14.8 Å². The normalized spacial score (nSPS) is 11.2. The Labute approximate surface area is 234 Å². The van der Waals surface area contributed by atoms with Gasteiger partial charge in [0.15, 0.2) is 11.5 Å². The van der Waals surface area contributed by atoms with Gasteiger partial charge >= 0.3 is 24.2 Å². The smallest absolute Gasteiger partial charge is 0.468 e. The van der Waals surface area contributed by atoms with E-state index < -0.39 is 30.3 Å². The maximum atomic E-state index is 12.4. The van der Waals surface area contributed by atoms with Crippen molar-refractivity contribution < 1.29 is 47.6 Å². The van der Waals surface area contributed by atoms with Gasteiger partial charge < -0.3 is 33.7 Å². The summed E-state index contributed by atoms with van der Waals surface area (Å²) in [5.41, 5.74) is 0.983. The minimum Gasteiger partial charge on any atom is -0.468 e. The molecule has 0 saturated carbocycles. The molecule has 0 unspecified atom stereocenters. The summed E-state index contributed by atoms with van der Waals surface area (Å²) in [5, 5.41) is 3.01. The van der Waals surface area contributed by atoms with E-state index in [0.29, 0.717) is 24.0 Å². The second-order valence-electron chi connectivity index (χ2n) is 8.63. The van der Waals surface area contributed by atoms with E-state index in [1.807, 2.05) is 13.8 Å². The third kappa shape index (κ3) is 11.7. The van der Waals surface area contributed by atoms with Gasteiger partial charge in [0.25, 0.3) is 0 Å². The van der Waals surface area contributed by atoms with E-state index in [-0.39, 0.29) is 44.3 Å². The molecule has 0 aliphatic heterocycles. The lowest BCUT2D eigenvalue weighted by Crippen LogP contribution is -2.41. The quantitative estimate of drug-likeness (QED) is 0.131. The van der Waals surface area contributed by atoms with Crippen LogP contribution in [0.2, 0.25) is 0 Å². The summed E-state index contributed by atoms with van der Waals surface area (Å²) in [4.78, 5) is 48.9. The summed E-state index contributed by atoms with van der Waals surface area (Å²) >= 11 is 0. The summed E-state index contributed by atoms with van der Waals surface area (Å²) in [6.45, 7) is 4.47. The highest BCUT2D eigenvalue weighted by atomic mass is 16.7. The van der Waals surface area contributed by atoms with Crippen molar-refractivity contribution in [2.24, 2.45) is 0 Å². The molecule has 0 aliphatic rings. The van der Waals surface area contributed by atoms with Crippen LogP contribution >= 0.6 is 0 Å². The average molecular weight is 560 g/mol.